The Labute approximate surface area is 185 Å². The Bertz CT molecular complexity index is 840. The van der Waals surface area contributed by atoms with Gasteiger partial charge < -0.3 is 16.0 Å². The van der Waals surface area contributed by atoms with Crippen molar-refractivity contribution >= 4 is 11.6 Å². The second-order valence-corrected chi connectivity index (χ2v) is 8.83. The van der Waals surface area contributed by atoms with Crippen LogP contribution in [0.15, 0.2) is 24.3 Å². The lowest BCUT2D eigenvalue weighted by molar-refractivity contribution is -0.128. The zero-order valence-corrected chi connectivity index (χ0v) is 17.8. The van der Waals surface area contributed by atoms with Gasteiger partial charge >= 0.3 is 6.18 Å². The van der Waals surface area contributed by atoms with Gasteiger partial charge in [0.05, 0.1) is 24.4 Å². The summed E-state index contributed by atoms with van der Waals surface area (Å²) in [6.45, 7) is -0.286. The van der Waals surface area contributed by atoms with Crippen LogP contribution in [0.3, 0.4) is 0 Å². The molecule has 0 spiro atoms. The van der Waals surface area contributed by atoms with Gasteiger partial charge in [-0.3, -0.25) is 4.79 Å². The van der Waals surface area contributed by atoms with E-state index in [4.69, 9.17) is 0 Å². The monoisotopic (exact) mass is 450 g/mol. The number of anilines is 1. The minimum Gasteiger partial charge on any atom is -0.368 e. The molecule has 4 N–H and O–H groups in total. The van der Waals surface area contributed by atoms with Gasteiger partial charge in [0.1, 0.15) is 6.17 Å². The number of nitriles is 1. The number of hydrazine groups is 1. The van der Waals surface area contributed by atoms with E-state index in [0.717, 1.165) is 43.4 Å². The molecule has 0 aromatic heterocycles. The van der Waals surface area contributed by atoms with Crippen molar-refractivity contribution in [2.24, 2.45) is 11.8 Å². The maximum Gasteiger partial charge on any atom is 0.401 e. The lowest BCUT2D eigenvalue weighted by Crippen LogP contribution is -2.54. The molecular formula is C22H29F3N6O. The van der Waals surface area contributed by atoms with E-state index in [2.05, 4.69) is 32.5 Å². The molecule has 0 bridgehead atoms. The maximum atomic E-state index is 12.7. The zero-order chi connectivity index (χ0) is 22.7. The number of carbonyl (C=O) groups excluding carboxylic acids is 1. The van der Waals surface area contributed by atoms with Crippen LogP contribution in [-0.2, 0) is 11.3 Å². The smallest absolute Gasteiger partial charge is 0.368 e. The minimum atomic E-state index is -4.23. The highest BCUT2D eigenvalue weighted by Gasteiger charge is 2.51. The highest BCUT2D eigenvalue weighted by molar-refractivity contribution is 5.82. The van der Waals surface area contributed by atoms with E-state index in [9.17, 15) is 23.2 Å². The van der Waals surface area contributed by atoms with Gasteiger partial charge in [0, 0.05) is 30.9 Å². The van der Waals surface area contributed by atoms with Crippen LogP contribution in [0.4, 0.5) is 18.9 Å². The molecule has 2 aliphatic heterocycles. The molecular weight excluding hydrogens is 421 g/mol. The van der Waals surface area contributed by atoms with Gasteiger partial charge in [0.25, 0.3) is 0 Å². The first-order valence-corrected chi connectivity index (χ1v) is 11.2. The number of hydrogen-bond donors (Lipinski definition) is 4. The van der Waals surface area contributed by atoms with Crippen LogP contribution < -0.4 is 21.4 Å². The van der Waals surface area contributed by atoms with Crippen molar-refractivity contribution < 1.29 is 18.0 Å². The molecule has 1 amide bonds. The molecule has 1 aliphatic carbocycles. The number of piperidine rings is 1. The van der Waals surface area contributed by atoms with Crippen LogP contribution in [0, 0.1) is 23.2 Å². The molecule has 3 unspecified atom stereocenters. The molecule has 0 radical (unpaired) electrons. The van der Waals surface area contributed by atoms with Gasteiger partial charge in [-0.1, -0.05) is 25.0 Å². The summed E-state index contributed by atoms with van der Waals surface area (Å²) < 4.78 is 36.9. The number of rotatable bonds is 6. The van der Waals surface area contributed by atoms with Crippen molar-refractivity contribution in [2.75, 3.05) is 18.4 Å². The molecule has 3 fully saturated rings. The van der Waals surface area contributed by atoms with Crippen LogP contribution in [0.2, 0.25) is 0 Å². The van der Waals surface area contributed by atoms with Crippen LogP contribution in [0.25, 0.3) is 0 Å². The van der Waals surface area contributed by atoms with Crippen molar-refractivity contribution in [3.05, 3.63) is 29.8 Å². The van der Waals surface area contributed by atoms with E-state index >= 15 is 0 Å². The van der Waals surface area contributed by atoms with Crippen molar-refractivity contribution in [1.29, 1.82) is 5.26 Å². The highest BCUT2D eigenvalue weighted by Crippen LogP contribution is 2.36. The Morgan fingerprint density at radius 3 is 2.59 bits per heavy atom. The SMILES string of the molecule is N#C[C@H]1CCCC[C@@H]1N1NC(Nc2ccc(CNCC(F)(F)F)cc2)C2C(=O)NCCC21. The number of nitrogens with one attached hydrogen (secondary N) is 4. The Morgan fingerprint density at radius 1 is 1.12 bits per heavy atom. The zero-order valence-electron chi connectivity index (χ0n) is 17.8. The summed E-state index contributed by atoms with van der Waals surface area (Å²) in [5.41, 5.74) is 5.01. The van der Waals surface area contributed by atoms with E-state index < -0.39 is 12.7 Å². The molecule has 5 atom stereocenters. The molecule has 32 heavy (non-hydrogen) atoms. The van der Waals surface area contributed by atoms with Gasteiger partial charge in [-0.05, 0) is 37.0 Å². The summed E-state index contributed by atoms with van der Waals surface area (Å²) in [6.07, 6.45) is 0.209. The van der Waals surface area contributed by atoms with Crippen LogP contribution in [0.1, 0.15) is 37.7 Å². The number of benzene rings is 1. The lowest BCUT2D eigenvalue weighted by atomic mass is 9.83. The van der Waals surface area contributed by atoms with Crippen molar-refractivity contribution in [1.82, 2.24) is 21.1 Å². The van der Waals surface area contributed by atoms with E-state index in [0.29, 0.717) is 6.54 Å². The van der Waals surface area contributed by atoms with Gasteiger partial charge in [-0.2, -0.15) is 18.4 Å². The van der Waals surface area contributed by atoms with Crippen molar-refractivity contribution in [3.63, 3.8) is 0 Å². The van der Waals surface area contributed by atoms with Gasteiger partial charge in [-0.25, -0.2) is 10.4 Å². The van der Waals surface area contributed by atoms with Crippen molar-refractivity contribution in [3.8, 4) is 6.07 Å². The second kappa shape index (κ2) is 9.65. The fourth-order valence-electron chi connectivity index (χ4n) is 5.14. The topological polar surface area (TPSA) is 92.2 Å². The fraction of sp³-hybridized carbons (Fsp3) is 0.636. The standard InChI is InChI=1S/C22H29F3N6O/c23-22(24,25)13-27-12-14-5-7-16(8-6-14)29-20-19-18(9-10-28-21(19)32)31(30-20)17-4-2-1-3-15(17)11-26/h5-8,15,17-20,27,29-30H,1-4,9-10,12-13H2,(H,28,32)/t15-,17+,18?,19?,20?/m1/s1. The molecule has 3 aliphatic rings. The Hall–Kier alpha value is -2.35. The summed E-state index contributed by atoms with van der Waals surface area (Å²) in [5, 5.41) is 20.5. The number of halogens is 3. The molecule has 7 nitrogen and oxygen atoms in total. The third kappa shape index (κ3) is 5.17. The first kappa shape index (κ1) is 22.8. The molecule has 174 valence electrons. The average Bonchev–Trinajstić information content (AvgIpc) is 3.13. The Kier molecular flexibility index (Phi) is 6.88. The van der Waals surface area contributed by atoms with Crippen LogP contribution >= 0.6 is 0 Å². The highest BCUT2D eigenvalue weighted by atomic mass is 19.4. The van der Waals surface area contributed by atoms with Gasteiger partial charge in [0.2, 0.25) is 5.91 Å². The molecule has 1 aromatic rings. The van der Waals surface area contributed by atoms with E-state index in [-0.39, 0.29) is 42.5 Å². The molecule has 2 saturated heterocycles. The number of fused-ring (bicyclic) bond motifs is 1. The lowest BCUT2D eigenvalue weighted by Gasteiger charge is -2.39. The third-order valence-corrected chi connectivity index (χ3v) is 6.64. The summed E-state index contributed by atoms with van der Waals surface area (Å²) in [5.74, 6) is -0.353. The normalized spacial score (nSPS) is 30.9. The van der Waals surface area contributed by atoms with Gasteiger partial charge in [0.15, 0.2) is 0 Å². The minimum absolute atomic E-state index is 0.00830. The Morgan fingerprint density at radius 2 is 1.88 bits per heavy atom. The van der Waals surface area contributed by atoms with E-state index in [1.165, 1.54) is 0 Å². The maximum absolute atomic E-state index is 12.7. The van der Waals surface area contributed by atoms with Crippen molar-refractivity contribution in [2.45, 2.75) is 63.1 Å². The Balaban J connectivity index is 1.43. The summed E-state index contributed by atoms with van der Waals surface area (Å²) in [7, 11) is 0. The summed E-state index contributed by atoms with van der Waals surface area (Å²) in [4.78, 5) is 12.7. The predicted octanol–water partition coefficient (Wildman–Crippen LogP) is 2.48. The quantitative estimate of drug-likeness (QED) is 0.532. The molecule has 4 rings (SSSR count). The molecule has 10 heteroatoms. The second-order valence-electron chi connectivity index (χ2n) is 8.83. The summed E-state index contributed by atoms with van der Waals surface area (Å²) in [6, 6.07) is 9.71. The molecule has 2 heterocycles. The number of hydrogen-bond acceptors (Lipinski definition) is 6. The third-order valence-electron chi connectivity index (χ3n) is 6.64. The van der Waals surface area contributed by atoms with E-state index in [1.54, 1.807) is 12.1 Å². The first-order chi connectivity index (χ1) is 15.4. The number of alkyl halides is 3. The van der Waals surface area contributed by atoms with Crippen LogP contribution in [0.5, 0.6) is 0 Å². The van der Waals surface area contributed by atoms with Crippen LogP contribution in [-0.4, -0.2) is 48.4 Å². The number of carbonyl (C=O) groups is 1. The number of nitrogens with zero attached hydrogens (tertiary/aromatic N) is 2. The summed E-state index contributed by atoms with van der Waals surface area (Å²) >= 11 is 0. The first-order valence-electron chi connectivity index (χ1n) is 11.2. The average molecular weight is 451 g/mol. The predicted molar refractivity (Wildman–Crippen MR) is 113 cm³/mol. The van der Waals surface area contributed by atoms with Gasteiger partial charge in [-0.15, -0.1) is 0 Å². The van der Waals surface area contributed by atoms with E-state index in [1.807, 2.05) is 12.1 Å². The number of amides is 1. The largest absolute Gasteiger partial charge is 0.401 e. The fourth-order valence-corrected chi connectivity index (χ4v) is 5.14. The molecule has 1 aromatic carbocycles. The molecule has 1 saturated carbocycles.